The zero-order valence-electron chi connectivity index (χ0n) is 16.3. The van der Waals surface area contributed by atoms with Crippen molar-refractivity contribution in [2.75, 3.05) is 0 Å². The molecule has 1 atom stereocenters. The Morgan fingerprint density at radius 2 is 1.97 bits per heavy atom. The van der Waals surface area contributed by atoms with Gasteiger partial charge in [-0.05, 0) is 55.4 Å². The van der Waals surface area contributed by atoms with Gasteiger partial charge in [-0.2, -0.15) is 4.98 Å². The molecular formula is C23H24N4O2. The summed E-state index contributed by atoms with van der Waals surface area (Å²) < 4.78 is 5.36. The highest BCUT2D eigenvalue weighted by atomic mass is 16.5. The van der Waals surface area contributed by atoms with Crippen LogP contribution in [0.5, 0.6) is 0 Å². The fourth-order valence-corrected chi connectivity index (χ4v) is 4.30. The van der Waals surface area contributed by atoms with Gasteiger partial charge < -0.3 is 9.42 Å². The SMILES string of the molecule is O=C(CCc1nc(-c2ccccn2)no1)N(C1CC1)C1CCCc2ccccc21. The van der Waals surface area contributed by atoms with E-state index in [2.05, 4.69) is 44.3 Å². The normalized spacial score (nSPS) is 18.3. The number of rotatable bonds is 6. The number of carbonyl (C=O) groups excluding carboxylic acids is 1. The van der Waals surface area contributed by atoms with E-state index >= 15 is 0 Å². The number of pyridine rings is 1. The van der Waals surface area contributed by atoms with Gasteiger partial charge in [0.2, 0.25) is 17.6 Å². The number of hydrogen-bond donors (Lipinski definition) is 0. The number of aryl methyl sites for hydroxylation is 2. The Morgan fingerprint density at radius 3 is 2.79 bits per heavy atom. The quantitative estimate of drug-likeness (QED) is 0.635. The number of hydrogen-bond acceptors (Lipinski definition) is 5. The van der Waals surface area contributed by atoms with E-state index in [-0.39, 0.29) is 11.9 Å². The van der Waals surface area contributed by atoms with Gasteiger partial charge in [0.1, 0.15) is 5.69 Å². The van der Waals surface area contributed by atoms with Gasteiger partial charge in [-0.25, -0.2) is 0 Å². The van der Waals surface area contributed by atoms with Crippen LogP contribution in [0.1, 0.15) is 55.2 Å². The predicted octanol–water partition coefficient (Wildman–Crippen LogP) is 4.13. The minimum absolute atomic E-state index is 0.187. The Kier molecular flexibility index (Phi) is 4.84. The van der Waals surface area contributed by atoms with Crippen LogP contribution >= 0.6 is 0 Å². The van der Waals surface area contributed by atoms with Crippen LogP contribution in [0.15, 0.2) is 53.2 Å². The molecule has 2 aliphatic rings. The molecule has 2 aliphatic carbocycles. The lowest BCUT2D eigenvalue weighted by Crippen LogP contribution is -2.38. The highest BCUT2D eigenvalue weighted by Gasteiger charge is 2.39. The first-order chi connectivity index (χ1) is 14.3. The molecule has 1 amide bonds. The molecule has 0 bridgehead atoms. The van der Waals surface area contributed by atoms with Gasteiger partial charge in [-0.1, -0.05) is 35.5 Å². The van der Waals surface area contributed by atoms with Crippen LogP contribution in [0, 0.1) is 0 Å². The van der Waals surface area contributed by atoms with E-state index < -0.39 is 0 Å². The van der Waals surface area contributed by atoms with E-state index in [9.17, 15) is 4.79 Å². The monoisotopic (exact) mass is 388 g/mol. The third-order valence-corrected chi connectivity index (χ3v) is 5.82. The maximum atomic E-state index is 13.2. The van der Waals surface area contributed by atoms with Crippen molar-refractivity contribution in [1.29, 1.82) is 0 Å². The second-order valence-electron chi connectivity index (χ2n) is 7.87. The summed E-state index contributed by atoms with van der Waals surface area (Å²) in [4.78, 5) is 24.0. The summed E-state index contributed by atoms with van der Waals surface area (Å²) in [6.07, 6.45) is 8.04. The van der Waals surface area contributed by atoms with Crippen LogP contribution in [0.25, 0.3) is 11.5 Å². The van der Waals surface area contributed by atoms with Crippen molar-refractivity contribution in [1.82, 2.24) is 20.0 Å². The number of amides is 1. The summed E-state index contributed by atoms with van der Waals surface area (Å²) >= 11 is 0. The summed E-state index contributed by atoms with van der Waals surface area (Å²) in [6, 6.07) is 14.7. The van der Waals surface area contributed by atoms with Gasteiger partial charge in [-0.15, -0.1) is 0 Å². The van der Waals surface area contributed by atoms with Crippen molar-refractivity contribution in [3.8, 4) is 11.5 Å². The van der Waals surface area contributed by atoms with E-state index in [1.54, 1.807) is 6.20 Å². The number of aromatic nitrogens is 3. The minimum atomic E-state index is 0.187. The molecule has 2 heterocycles. The molecule has 1 unspecified atom stereocenters. The lowest BCUT2D eigenvalue weighted by molar-refractivity contribution is -0.134. The predicted molar refractivity (Wildman–Crippen MR) is 108 cm³/mol. The average molecular weight is 388 g/mol. The maximum Gasteiger partial charge on any atom is 0.227 e. The lowest BCUT2D eigenvalue weighted by atomic mass is 9.86. The lowest BCUT2D eigenvalue weighted by Gasteiger charge is -2.36. The van der Waals surface area contributed by atoms with E-state index in [4.69, 9.17) is 4.52 Å². The Balaban J connectivity index is 1.29. The van der Waals surface area contributed by atoms with E-state index in [0.717, 1.165) is 32.1 Å². The van der Waals surface area contributed by atoms with Crippen molar-refractivity contribution < 1.29 is 9.32 Å². The molecule has 1 saturated carbocycles. The third kappa shape index (κ3) is 3.79. The van der Waals surface area contributed by atoms with Gasteiger partial charge in [0.05, 0.1) is 6.04 Å². The summed E-state index contributed by atoms with van der Waals surface area (Å²) in [5.74, 6) is 1.14. The Labute approximate surface area is 170 Å². The molecule has 3 aromatic rings. The molecule has 6 heteroatoms. The van der Waals surface area contributed by atoms with E-state index in [0.29, 0.717) is 36.3 Å². The second-order valence-corrected chi connectivity index (χ2v) is 7.87. The molecular weight excluding hydrogens is 364 g/mol. The van der Waals surface area contributed by atoms with Crippen LogP contribution < -0.4 is 0 Å². The van der Waals surface area contributed by atoms with Crippen LogP contribution in [-0.4, -0.2) is 32.0 Å². The summed E-state index contributed by atoms with van der Waals surface area (Å²) in [7, 11) is 0. The molecule has 0 spiro atoms. The van der Waals surface area contributed by atoms with Crippen molar-refractivity contribution in [3.63, 3.8) is 0 Å². The van der Waals surface area contributed by atoms with Crippen molar-refractivity contribution >= 4 is 5.91 Å². The fraction of sp³-hybridized carbons (Fsp3) is 0.391. The molecule has 29 heavy (non-hydrogen) atoms. The van der Waals surface area contributed by atoms with Gasteiger partial charge in [-0.3, -0.25) is 9.78 Å². The molecule has 2 aromatic heterocycles. The molecule has 6 nitrogen and oxygen atoms in total. The largest absolute Gasteiger partial charge is 0.339 e. The zero-order valence-corrected chi connectivity index (χ0v) is 16.3. The first kappa shape index (κ1) is 18.0. The third-order valence-electron chi connectivity index (χ3n) is 5.82. The van der Waals surface area contributed by atoms with Gasteiger partial charge in [0.25, 0.3) is 0 Å². The number of nitrogens with zero attached hydrogens (tertiary/aromatic N) is 4. The molecule has 0 radical (unpaired) electrons. The van der Waals surface area contributed by atoms with Crippen LogP contribution in [0.4, 0.5) is 0 Å². The topological polar surface area (TPSA) is 72.1 Å². The Morgan fingerprint density at radius 1 is 1.10 bits per heavy atom. The van der Waals surface area contributed by atoms with E-state index in [1.807, 2.05) is 18.2 Å². The summed E-state index contributed by atoms with van der Waals surface area (Å²) in [6.45, 7) is 0. The Hall–Kier alpha value is -3.02. The van der Waals surface area contributed by atoms with Crippen LogP contribution in [0.2, 0.25) is 0 Å². The van der Waals surface area contributed by atoms with Gasteiger partial charge in [0.15, 0.2) is 0 Å². The summed E-state index contributed by atoms with van der Waals surface area (Å²) in [5, 5.41) is 4.00. The number of benzene rings is 1. The van der Waals surface area contributed by atoms with Crippen molar-refractivity contribution in [2.24, 2.45) is 0 Å². The second kappa shape index (κ2) is 7.78. The molecule has 148 valence electrons. The van der Waals surface area contributed by atoms with E-state index in [1.165, 1.54) is 11.1 Å². The fourth-order valence-electron chi connectivity index (χ4n) is 4.30. The number of carbonyl (C=O) groups is 1. The van der Waals surface area contributed by atoms with Gasteiger partial charge in [0, 0.05) is 25.1 Å². The summed E-state index contributed by atoms with van der Waals surface area (Å²) in [5.41, 5.74) is 3.39. The molecule has 0 saturated heterocycles. The first-order valence-corrected chi connectivity index (χ1v) is 10.4. The molecule has 5 rings (SSSR count). The van der Waals surface area contributed by atoms with Crippen LogP contribution in [-0.2, 0) is 17.6 Å². The molecule has 0 aliphatic heterocycles. The minimum Gasteiger partial charge on any atom is -0.339 e. The maximum absolute atomic E-state index is 13.2. The highest BCUT2D eigenvalue weighted by molar-refractivity contribution is 5.77. The average Bonchev–Trinajstić information content (AvgIpc) is 3.49. The smallest absolute Gasteiger partial charge is 0.227 e. The zero-order chi connectivity index (χ0) is 19.6. The van der Waals surface area contributed by atoms with Crippen molar-refractivity contribution in [2.45, 2.75) is 57.0 Å². The molecule has 0 N–H and O–H groups in total. The molecule has 1 fully saturated rings. The number of fused-ring (bicyclic) bond motifs is 1. The van der Waals surface area contributed by atoms with Crippen molar-refractivity contribution in [3.05, 3.63) is 65.7 Å². The first-order valence-electron chi connectivity index (χ1n) is 10.4. The van der Waals surface area contributed by atoms with Gasteiger partial charge >= 0.3 is 0 Å². The Bertz CT molecular complexity index is 997. The highest BCUT2D eigenvalue weighted by Crippen LogP contribution is 2.41. The standard InChI is InChI=1S/C23H24N4O2/c28-22(14-13-21-25-23(26-29-21)19-9-3-4-15-24-19)27(17-11-12-17)20-10-5-7-16-6-1-2-8-18(16)20/h1-4,6,8-9,15,17,20H,5,7,10-14H2. The van der Waals surface area contributed by atoms with Crippen LogP contribution in [0.3, 0.4) is 0 Å². The molecule has 1 aromatic carbocycles.